The van der Waals surface area contributed by atoms with E-state index in [9.17, 15) is 0 Å². The van der Waals surface area contributed by atoms with Crippen LogP contribution in [0.25, 0.3) is 0 Å². The number of rotatable bonds is 2. The van der Waals surface area contributed by atoms with E-state index in [0.717, 1.165) is 13.1 Å². The number of fused-ring (bicyclic) bond motifs is 1. The van der Waals surface area contributed by atoms with Crippen LogP contribution < -0.4 is 4.90 Å². The highest BCUT2D eigenvalue weighted by Crippen LogP contribution is 2.26. The Morgan fingerprint density at radius 2 is 2.13 bits per heavy atom. The lowest BCUT2D eigenvalue weighted by Gasteiger charge is -2.37. The fraction of sp³-hybridized carbons (Fsp3) is 0.538. The van der Waals surface area contributed by atoms with Gasteiger partial charge in [-0.2, -0.15) is 0 Å². The summed E-state index contributed by atoms with van der Waals surface area (Å²) in [5.74, 6) is 0. The maximum Gasteiger partial charge on any atom is 0.0397 e. The molecule has 1 aliphatic rings. The summed E-state index contributed by atoms with van der Waals surface area (Å²) in [4.78, 5) is 4.81. The second kappa shape index (κ2) is 4.23. The Morgan fingerprint density at radius 3 is 2.87 bits per heavy atom. The zero-order valence-electron chi connectivity index (χ0n) is 9.90. The number of likely N-dealkylation sites (N-methyl/N-ethyl adjacent to an activating group) is 2. The molecule has 1 aromatic rings. The summed E-state index contributed by atoms with van der Waals surface area (Å²) in [6.45, 7) is 4.49. The Labute approximate surface area is 92.5 Å². The second-order valence-electron chi connectivity index (χ2n) is 4.44. The van der Waals surface area contributed by atoms with E-state index in [1.165, 1.54) is 17.7 Å². The lowest BCUT2D eigenvalue weighted by atomic mass is 9.97. The van der Waals surface area contributed by atoms with Crippen LogP contribution in [0.4, 0.5) is 5.69 Å². The Kier molecular flexibility index (Phi) is 2.96. The Bertz CT molecular complexity index is 335. The number of para-hydroxylation sites is 1. The predicted octanol–water partition coefficient (Wildman–Crippen LogP) is 2.00. The van der Waals surface area contributed by atoms with Gasteiger partial charge in [0.25, 0.3) is 0 Å². The van der Waals surface area contributed by atoms with Gasteiger partial charge in [0.05, 0.1) is 0 Å². The first-order valence-electron chi connectivity index (χ1n) is 5.71. The van der Waals surface area contributed by atoms with Crippen molar-refractivity contribution in [1.29, 1.82) is 0 Å². The molecule has 2 rings (SSSR count). The molecule has 0 saturated heterocycles. The molecule has 2 heteroatoms. The summed E-state index contributed by atoms with van der Waals surface area (Å²) in [7, 11) is 4.40. The maximum absolute atomic E-state index is 2.44. The minimum Gasteiger partial charge on any atom is -0.373 e. The summed E-state index contributed by atoms with van der Waals surface area (Å²) in [6, 6.07) is 9.40. The summed E-state index contributed by atoms with van der Waals surface area (Å²) in [5.41, 5.74) is 2.88. The van der Waals surface area contributed by atoms with E-state index in [1.54, 1.807) is 0 Å². The molecule has 0 N–H and O–H groups in total. The topological polar surface area (TPSA) is 6.48 Å². The highest BCUT2D eigenvalue weighted by atomic mass is 15.2. The van der Waals surface area contributed by atoms with Crippen molar-refractivity contribution in [2.75, 3.05) is 32.1 Å². The molecule has 1 aliphatic heterocycles. The first-order valence-corrected chi connectivity index (χ1v) is 5.71. The van der Waals surface area contributed by atoms with Crippen LogP contribution in [0, 0.1) is 0 Å². The standard InChI is InChI=1S/C13H20N2/c1-4-14(2)12-9-11-7-5-6-8-13(11)15(3)10-12/h5-8,12H,4,9-10H2,1-3H3/t12-/m0/s1. The summed E-state index contributed by atoms with van der Waals surface area (Å²) < 4.78 is 0. The van der Waals surface area contributed by atoms with Crippen molar-refractivity contribution in [2.24, 2.45) is 0 Å². The first-order chi connectivity index (χ1) is 7.22. The highest BCUT2D eigenvalue weighted by molar-refractivity contribution is 5.55. The molecule has 15 heavy (non-hydrogen) atoms. The predicted molar refractivity (Wildman–Crippen MR) is 65.5 cm³/mol. The molecular formula is C13H20N2. The van der Waals surface area contributed by atoms with Gasteiger partial charge in [-0.1, -0.05) is 25.1 Å². The second-order valence-corrected chi connectivity index (χ2v) is 4.44. The molecule has 1 atom stereocenters. The van der Waals surface area contributed by atoms with Crippen LogP contribution in [0.5, 0.6) is 0 Å². The number of benzene rings is 1. The van der Waals surface area contributed by atoms with Crippen molar-refractivity contribution in [3.63, 3.8) is 0 Å². The van der Waals surface area contributed by atoms with Gasteiger partial charge >= 0.3 is 0 Å². The number of hydrogen-bond acceptors (Lipinski definition) is 2. The first kappa shape index (κ1) is 10.5. The summed E-state index contributed by atoms with van der Waals surface area (Å²) in [5, 5.41) is 0. The molecule has 0 fully saturated rings. The van der Waals surface area contributed by atoms with Gasteiger partial charge in [-0.15, -0.1) is 0 Å². The molecule has 0 aromatic heterocycles. The average Bonchev–Trinajstić information content (AvgIpc) is 2.28. The Morgan fingerprint density at radius 1 is 1.40 bits per heavy atom. The lowest BCUT2D eigenvalue weighted by molar-refractivity contribution is 0.251. The van der Waals surface area contributed by atoms with E-state index in [-0.39, 0.29) is 0 Å². The minimum absolute atomic E-state index is 0.662. The molecule has 0 bridgehead atoms. The zero-order valence-corrected chi connectivity index (χ0v) is 9.90. The number of nitrogens with zero attached hydrogens (tertiary/aromatic N) is 2. The highest BCUT2D eigenvalue weighted by Gasteiger charge is 2.23. The van der Waals surface area contributed by atoms with Crippen LogP contribution in [0.15, 0.2) is 24.3 Å². The number of hydrogen-bond donors (Lipinski definition) is 0. The maximum atomic E-state index is 2.44. The fourth-order valence-electron chi connectivity index (χ4n) is 2.34. The monoisotopic (exact) mass is 204 g/mol. The van der Waals surface area contributed by atoms with Crippen molar-refractivity contribution in [1.82, 2.24) is 4.90 Å². The molecule has 2 nitrogen and oxygen atoms in total. The van der Waals surface area contributed by atoms with E-state index in [4.69, 9.17) is 0 Å². The molecule has 0 spiro atoms. The normalized spacial score (nSPS) is 20.5. The van der Waals surface area contributed by atoms with Gasteiger partial charge in [0.1, 0.15) is 0 Å². The molecule has 0 radical (unpaired) electrons. The molecular weight excluding hydrogens is 184 g/mol. The van der Waals surface area contributed by atoms with E-state index < -0.39 is 0 Å². The van der Waals surface area contributed by atoms with Crippen LogP contribution in [0.1, 0.15) is 12.5 Å². The van der Waals surface area contributed by atoms with E-state index in [2.05, 4.69) is 55.1 Å². The molecule has 82 valence electrons. The minimum atomic E-state index is 0.662. The smallest absolute Gasteiger partial charge is 0.0397 e. The van der Waals surface area contributed by atoms with Gasteiger partial charge in [-0.25, -0.2) is 0 Å². The molecule has 1 aromatic carbocycles. The third kappa shape index (κ3) is 2.00. The van der Waals surface area contributed by atoms with Crippen LogP contribution >= 0.6 is 0 Å². The zero-order chi connectivity index (χ0) is 10.8. The van der Waals surface area contributed by atoms with Crippen LogP contribution in [0.3, 0.4) is 0 Å². The largest absolute Gasteiger partial charge is 0.373 e. The molecule has 0 amide bonds. The Hall–Kier alpha value is -1.02. The molecule has 1 heterocycles. The Balaban J connectivity index is 2.22. The van der Waals surface area contributed by atoms with Crippen molar-refractivity contribution < 1.29 is 0 Å². The van der Waals surface area contributed by atoms with Gasteiger partial charge in [-0.05, 0) is 31.6 Å². The van der Waals surface area contributed by atoms with Gasteiger partial charge in [0.2, 0.25) is 0 Å². The van der Waals surface area contributed by atoms with Gasteiger partial charge in [0.15, 0.2) is 0 Å². The lowest BCUT2D eigenvalue weighted by Crippen LogP contribution is -2.45. The van der Waals surface area contributed by atoms with Crippen molar-refractivity contribution in [3.8, 4) is 0 Å². The van der Waals surface area contributed by atoms with Crippen molar-refractivity contribution >= 4 is 5.69 Å². The molecule has 0 aliphatic carbocycles. The quantitative estimate of drug-likeness (QED) is 0.727. The van der Waals surface area contributed by atoms with Crippen LogP contribution in [-0.2, 0) is 6.42 Å². The molecule has 0 saturated carbocycles. The van der Waals surface area contributed by atoms with E-state index in [1.807, 2.05) is 0 Å². The van der Waals surface area contributed by atoms with Gasteiger partial charge in [0, 0.05) is 25.3 Å². The summed E-state index contributed by atoms with van der Waals surface area (Å²) in [6.07, 6.45) is 1.19. The van der Waals surface area contributed by atoms with Gasteiger partial charge in [-0.3, -0.25) is 0 Å². The van der Waals surface area contributed by atoms with Crippen LogP contribution in [-0.4, -0.2) is 38.1 Å². The van der Waals surface area contributed by atoms with E-state index in [0.29, 0.717) is 6.04 Å². The van der Waals surface area contributed by atoms with E-state index >= 15 is 0 Å². The van der Waals surface area contributed by atoms with Crippen molar-refractivity contribution in [3.05, 3.63) is 29.8 Å². The molecule has 0 unspecified atom stereocenters. The van der Waals surface area contributed by atoms with Crippen molar-refractivity contribution in [2.45, 2.75) is 19.4 Å². The summed E-state index contributed by atoms with van der Waals surface area (Å²) >= 11 is 0. The fourth-order valence-corrected chi connectivity index (χ4v) is 2.34. The third-order valence-electron chi connectivity index (χ3n) is 3.47. The van der Waals surface area contributed by atoms with Gasteiger partial charge < -0.3 is 9.80 Å². The average molecular weight is 204 g/mol. The SMILES string of the molecule is CCN(C)[C@H]1Cc2ccccc2N(C)C1. The van der Waals surface area contributed by atoms with Crippen LogP contribution in [0.2, 0.25) is 0 Å². The number of anilines is 1. The third-order valence-corrected chi connectivity index (χ3v) is 3.47.